The number of carbonyl (C=O) groups is 1. The van der Waals surface area contributed by atoms with Gasteiger partial charge in [-0.25, -0.2) is 4.98 Å². The fourth-order valence-corrected chi connectivity index (χ4v) is 3.32. The predicted molar refractivity (Wildman–Crippen MR) is 100 cm³/mol. The zero-order valence-electron chi connectivity index (χ0n) is 14.6. The van der Waals surface area contributed by atoms with Crippen LogP contribution in [0.25, 0.3) is 22.6 Å². The van der Waals surface area contributed by atoms with Gasteiger partial charge < -0.3 is 14.1 Å². The number of carbonyl (C=O) groups excluding carboxylic acids is 1. The second-order valence-corrected chi connectivity index (χ2v) is 6.51. The average molecular weight is 433 g/mol. The summed E-state index contributed by atoms with van der Waals surface area (Å²) in [6.45, 7) is 1.29. The summed E-state index contributed by atoms with van der Waals surface area (Å²) in [4.78, 5) is 16.5. The van der Waals surface area contributed by atoms with Crippen molar-refractivity contribution in [1.82, 2.24) is 4.98 Å². The smallest absolute Gasteiger partial charge is 0.471 e. The van der Waals surface area contributed by atoms with Crippen LogP contribution in [-0.4, -0.2) is 30.7 Å². The Morgan fingerprint density at radius 3 is 2.39 bits per heavy atom. The van der Waals surface area contributed by atoms with Crippen LogP contribution >= 0.6 is 23.2 Å². The molecule has 0 atom stereocenters. The number of fused-ring (bicyclic) bond motifs is 1. The third-order valence-corrected chi connectivity index (χ3v) is 4.50. The van der Waals surface area contributed by atoms with Crippen molar-refractivity contribution >= 4 is 45.9 Å². The van der Waals surface area contributed by atoms with Crippen LogP contribution in [0, 0.1) is 0 Å². The van der Waals surface area contributed by atoms with Crippen LogP contribution in [0.4, 0.5) is 18.9 Å². The molecule has 10 heteroatoms. The molecule has 0 unspecified atom stereocenters. The lowest BCUT2D eigenvalue weighted by Gasteiger charge is -2.21. The van der Waals surface area contributed by atoms with Gasteiger partial charge in [0.1, 0.15) is 5.52 Å². The Balaban J connectivity index is 2.03. The molecule has 0 bridgehead atoms. The minimum absolute atomic E-state index is 0.0471. The van der Waals surface area contributed by atoms with Crippen LogP contribution in [-0.2, 0) is 4.79 Å². The van der Waals surface area contributed by atoms with Crippen LogP contribution in [0.3, 0.4) is 0 Å². The van der Waals surface area contributed by atoms with E-state index in [0.717, 1.165) is 0 Å². The van der Waals surface area contributed by atoms with Gasteiger partial charge in [-0.2, -0.15) is 13.2 Å². The Bertz CT molecular complexity index is 1030. The lowest BCUT2D eigenvalue weighted by atomic mass is 10.2. The number of anilines is 1. The molecule has 3 rings (SSSR count). The van der Waals surface area contributed by atoms with Gasteiger partial charge in [0.05, 0.1) is 17.2 Å². The Morgan fingerprint density at radius 2 is 1.86 bits per heavy atom. The first-order valence-corrected chi connectivity index (χ1v) is 8.74. The van der Waals surface area contributed by atoms with Crippen LogP contribution in [0.1, 0.15) is 6.92 Å². The molecule has 0 saturated carbocycles. The first kappa shape index (κ1) is 20.3. The number of halogens is 5. The molecule has 1 heterocycles. The molecule has 1 aromatic heterocycles. The highest BCUT2D eigenvalue weighted by Crippen LogP contribution is 2.38. The summed E-state index contributed by atoms with van der Waals surface area (Å²) >= 11 is 12.2. The monoisotopic (exact) mass is 432 g/mol. The fourth-order valence-electron chi connectivity index (χ4n) is 2.68. The van der Waals surface area contributed by atoms with Crippen LogP contribution in [0.5, 0.6) is 5.75 Å². The van der Waals surface area contributed by atoms with Crippen molar-refractivity contribution in [2.45, 2.75) is 13.1 Å². The van der Waals surface area contributed by atoms with Gasteiger partial charge in [0.15, 0.2) is 11.3 Å². The summed E-state index contributed by atoms with van der Waals surface area (Å²) in [5, 5.41) is 0.502. The van der Waals surface area contributed by atoms with Crippen LogP contribution < -0.4 is 9.64 Å². The van der Waals surface area contributed by atoms with E-state index in [1.807, 2.05) is 0 Å². The number of alkyl halides is 3. The van der Waals surface area contributed by atoms with E-state index in [4.69, 9.17) is 32.4 Å². The fraction of sp³-hybridized carbons (Fsp3) is 0.222. The molecule has 2 aromatic carbocycles. The van der Waals surface area contributed by atoms with Gasteiger partial charge in [0, 0.05) is 23.9 Å². The molecular weight excluding hydrogens is 420 g/mol. The Morgan fingerprint density at radius 1 is 1.21 bits per heavy atom. The number of amides is 1. The van der Waals surface area contributed by atoms with E-state index in [2.05, 4.69) is 4.98 Å². The molecule has 1 amide bonds. The number of benzene rings is 2. The quantitative estimate of drug-likeness (QED) is 0.528. The average Bonchev–Trinajstić information content (AvgIpc) is 3.04. The SMILES string of the molecule is CCN(C(=O)C(F)(F)F)c1ccc2nc(-c3cc(Cl)c(OC)c(Cl)c3)oc2c1. The maximum Gasteiger partial charge on any atom is 0.471 e. The number of methoxy groups -OCH3 is 1. The van der Waals surface area contributed by atoms with E-state index in [0.29, 0.717) is 21.7 Å². The van der Waals surface area contributed by atoms with E-state index in [9.17, 15) is 18.0 Å². The Kier molecular flexibility index (Phi) is 5.45. The molecule has 0 aliphatic rings. The van der Waals surface area contributed by atoms with Crippen molar-refractivity contribution < 1.29 is 27.1 Å². The van der Waals surface area contributed by atoms with Gasteiger partial charge in [0.25, 0.3) is 0 Å². The van der Waals surface area contributed by atoms with Crippen molar-refractivity contribution in [2.75, 3.05) is 18.6 Å². The number of rotatable bonds is 4. The van der Waals surface area contributed by atoms with Gasteiger partial charge in [-0.05, 0) is 31.2 Å². The standard InChI is InChI=1S/C18H13Cl2F3N2O3/c1-3-25(17(26)18(21,22)23)10-4-5-13-14(8-10)28-16(24-13)9-6-11(19)15(27-2)12(20)7-9/h4-8H,3H2,1-2H3. The van der Waals surface area contributed by atoms with Crippen molar-refractivity contribution in [3.63, 3.8) is 0 Å². The van der Waals surface area contributed by atoms with E-state index in [1.165, 1.54) is 32.2 Å². The second-order valence-electron chi connectivity index (χ2n) is 5.69. The molecule has 0 N–H and O–H groups in total. The zero-order chi connectivity index (χ0) is 20.6. The molecule has 0 spiro atoms. The molecule has 3 aromatic rings. The summed E-state index contributed by atoms with van der Waals surface area (Å²) in [5.41, 5.74) is 1.12. The van der Waals surface area contributed by atoms with Gasteiger partial charge in [-0.15, -0.1) is 0 Å². The molecule has 0 aliphatic heterocycles. The van der Waals surface area contributed by atoms with E-state index in [1.54, 1.807) is 12.1 Å². The minimum Gasteiger partial charge on any atom is -0.494 e. The van der Waals surface area contributed by atoms with Crippen molar-refractivity contribution in [1.29, 1.82) is 0 Å². The number of hydrogen-bond acceptors (Lipinski definition) is 4. The highest BCUT2D eigenvalue weighted by molar-refractivity contribution is 6.37. The van der Waals surface area contributed by atoms with E-state index in [-0.39, 0.29) is 33.8 Å². The van der Waals surface area contributed by atoms with Gasteiger partial charge in [-0.1, -0.05) is 23.2 Å². The first-order valence-electron chi connectivity index (χ1n) is 7.98. The van der Waals surface area contributed by atoms with Crippen molar-refractivity contribution in [3.05, 3.63) is 40.4 Å². The van der Waals surface area contributed by atoms with Gasteiger partial charge >= 0.3 is 12.1 Å². The molecule has 0 fully saturated rings. The highest BCUT2D eigenvalue weighted by Gasteiger charge is 2.42. The Labute approximate surface area is 167 Å². The summed E-state index contributed by atoms with van der Waals surface area (Å²) in [6.07, 6.45) is -4.98. The summed E-state index contributed by atoms with van der Waals surface area (Å²) in [7, 11) is 1.43. The molecule has 0 aliphatic carbocycles. The number of hydrogen-bond donors (Lipinski definition) is 0. The third kappa shape index (κ3) is 3.74. The van der Waals surface area contributed by atoms with Crippen molar-refractivity contribution in [2.24, 2.45) is 0 Å². The van der Waals surface area contributed by atoms with E-state index < -0.39 is 12.1 Å². The summed E-state index contributed by atoms with van der Waals surface area (Å²) in [6, 6.07) is 7.25. The zero-order valence-corrected chi connectivity index (χ0v) is 16.1. The Hall–Kier alpha value is -2.45. The van der Waals surface area contributed by atoms with Crippen LogP contribution in [0.15, 0.2) is 34.7 Å². The minimum atomic E-state index is -4.98. The molecule has 148 valence electrons. The maximum absolute atomic E-state index is 12.8. The maximum atomic E-state index is 12.8. The molecule has 0 saturated heterocycles. The molecule has 0 radical (unpaired) electrons. The predicted octanol–water partition coefficient (Wildman–Crippen LogP) is 5.73. The highest BCUT2D eigenvalue weighted by atomic mass is 35.5. The topological polar surface area (TPSA) is 55.6 Å². The summed E-state index contributed by atoms with van der Waals surface area (Å²) < 4.78 is 49.1. The first-order chi connectivity index (χ1) is 13.2. The summed E-state index contributed by atoms with van der Waals surface area (Å²) in [5.74, 6) is -1.48. The largest absolute Gasteiger partial charge is 0.494 e. The molecule has 28 heavy (non-hydrogen) atoms. The lowest BCUT2D eigenvalue weighted by Crippen LogP contribution is -2.41. The van der Waals surface area contributed by atoms with Gasteiger partial charge in [0.2, 0.25) is 5.89 Å². The number of oxazole rings is 1. The normalized spacial score (nSPS) is 11.7. The number of ether oxygens (including phenoxy) is 1. The van der Waals surface area contributed by atoms with E-state index >= 15 is 0 Å². The molecular formula is C18H13Cl2F3N2O3. The number of nitrogens with zero attached hydrogens (tertiary/aromatic N) is 2. The molecule has 5 nitrogen and oxygen atoms in total. The van der Waals surface area contributed by atoms with Crippen molar-refractivity contribution in [3.8, 4) is 17.2 Å². The second kappa shape index (κ2) is 7.52. The van der Waals surface area contributed by atoms with Gasteiger partial charge in [-0.3, -0.25) is 4.79 Å². The third-order valence-electron chi connectivity index (χ3n) is 3.94. The van der Waals surface area contributed by atoms with Crippen LogP contribution in [0.2, 0.25) is 10.0 Å². The number of aromatic nitrogens is 1. The lowest BCUT2D eigenvalue weighted by molar-refractivity contribution is -0.170.